The number of rotatable bonds is 4. The third-order valence-corrected chi connectivity index (χ3v) is 5.66. The third kappa shape index (κ3) is 4.65. The average Bonchev–Trinajstić information content (AvgIpc) is 3.17. The second-order valence-electron chi connectivity index (χ2n) is 7.40. The predicted octanol–water partition coefficient (Wildman–Crippen LogP) is 3.56. The van der Waals surface area contributed by atoms with Crippen molar-refractivity contribution in [1.82, 2.24) is 9.80 Å². The van der Waals surface area contributed by atoms with Crippen LogP contribution in [0.15, 0.2) is 54.6 Å². The fraction of sp³-hybridized carbons (Fsp3) is 0.409. The number of carbonyl (C=O) groups is 1. The number of halogens is 2. The van der Waals surface area contributed by atoms with Crippen LogP contribution in [0.3, 0.4) is 0 Å². The van der Waals surface area contributed by atoms with E-state index in [2.05, 4.69) is 34.1 Å². The molecule has 0 bridgehead atoms. The Morgan fingerprint density at radius 3 is 2.29 bits per heavy atom. The third-order valence-electron chi connectivity index (χ3n) is 5.66. The minimum atomic E-state index is -0.215. The summed E-state index contributed by atoms with van der Waals surface area (Å²) in [6, 6.07) is 17.0. The molecule has 2 aliphatic heterocycles. The molecule has 0 aliphatic carbocycles. The summed E-state index contributed by atoms with van der Waals surface area (Å²) in [5.74, 6) is 0.0505. The molecule has 28 heavy (non-hydrogen) atoms. The second kappa shape index (κ2) is 9.39. The number of benzene rings is 2. The quantitative estimate of drug-likeness (QED) is 0.781. The van der Waals surface area contributed by atoms with Crippen LogP contribution in [0.1, 0.15) is 18.4 Å². The van der Waals surface area contributed by atoms with Crippen molar-refractivity contribution in [3.63, 3.8) is 0 Å². The molecule has 2 fully saturated rings. The topological polar surface area (TPSA) is 26.8 Å². The van der Waals surface area contributed by atoms with E-state index in [-0.39, 0.29) is 30.2 Å². The Bertz CT molecular complexity index is 763. The molecule has 4 rings (SSSR count). The molecule has 1 atom stereocenters. The van der Waals surface area contributed by atoms with E-state index in [4.69, 9.17) is 0 Å². The van der Waals surface area contributed by atoms with Gasteiger partial charge < -0.3 is 9.80 Å². The smallest absolute Gasteiger partial charge is 0.240 e. The molecule has 0 saturated carbocycles. The van der Waals surface area contributed by atoms with E-state index in [0.717, 1.165) is 57.8 Å². The molecule has 0 radical (unpaired) electrons. The number of nitrogens with zero attached hydrogens (tertiary/aromatic N) is 3. The number of amides is 1. The van der Waals surface area contributed by atoms with Gasteiger partial charge in [-0.25, -0.2) is 4.39 Å². The van der Waals surface area contributed by atoms with Gasteiger partial charge in [0.2, 0.25) is 5.91 Å². The van der Waals surface area contributed by atoms with Crippen molar-refractivity contribution in [2.75, 3.05) is 37.6 Å². The van der Waals surface area contributed by atoms with E-state index in [1.54, 1.807) is 0 Å². The minimum absolute atomic E-state index is 0. The van der Waals surface area contributed by atoms with Gasteiger partial charge in [-0.2, -0.15) is 0 Å². The van der Waals surface area contributed by atoms with Crippen LogP contribution in [0.2, 0.25) is 0 Å². The molecule has 2 saturated heterocycles. The lowest BCUT2D eigenvalue weighted by Gasteiger charge is -2.38. The first-order valence-corrected chi connectivity index (χ1v) is 9.78. The summed E-state index contributed by atoms with van der Waals surface area (Å²) in [5.41, 5.74) is 2.29. The first-order chi connectivity index (χ1) is 13.2. The Balaban J connectivity index is 0.00000225. The van der Waals surface area contributed by atoms with Crippen LogP contribution in [0.5, 0.6) is 0 Å². The highest BCUT2D eigenvalue weighted by Crippen LogP contribution is 2.23. The van der Waals surface area contributed by atoms with Crippen LogP contribution in [0.25, 0.3) is 0 Å². The van der Waals surface area contributed by atoms with Crippen molar-refractivity contribution < 1.29 is 9.18 Å². The largest absolute Gasteiger partial charge is 0.368 e. The Labute approximate surface area is 172 Å². The van der Waals surface area contributed by atoms with Gasteiger partial charge in [0.1, 0.15) is 5.82 Å². The summed E-state index contributed by atoms with van der Waals surface area (Å²) in [7, 11) is 0. The molecule has 0 aromatic heterocycles. The number of anilines is 1. The number of piperazine rings is 1. The first kappa shape index (κ1) is 20.6. The summed E-state index contributed by atoms with van der Waals surface area (Å²) >= 11 is 0. The highest BCUT2D eigenvalue weighted by molar-refractivity contribution is 5.85. The predicted molar refractivity (Wildman–Crippen MR) is 112 cm³/mol. The lowest BCUT2D eigenvalue weighted by atomic mass is 10.1. The Kier molecular flexibility index (Phi) is 6.92. The van der Waals surface area contributed by atoms with Gasteiger partial charge in [0.15, 0.2) is 0 Å². The van der Waals surface area contributed by atoms with Crippen LogP contribution in [-0.2, 0) is 11.3 Å². The fourth-order valence-corrected chi connectivity index (χ4v) is 4.16. The van der Waals surface area contributed by atoms with Crippen molar-refractivity contribution in [2.24, 2.45) is 0 Å². The summed E-state index contributed by atoms with van der Waals surface area (Å²) in [5, 5.41) is 0. The van der Waals surface area contributed by atoms with E-state index in [9.17, 15) is 9.18 Å². The number of carbonyl (C=O) groups excluding carboxylic acids is 1. The Morgan fingerprint density at radius 1 is 0.929 bits per heavy atom. The lowest BCUT2D eigenvalue weighted by Crippen LogP contribution is -2.53. The highest BCUT2D eigenvalue weighted by atomic mass is 35.5. The monoisotopic (exact) mass is 403 g/mol. The molecule has 2 aliphatic rings. The molecular formula is C22H27ClFN3O. The van der Waals surface area contributed by atoms with Crippen molar-refractivity contribution in [3.8, 4) is 0 Å². The van der Waals surface area contributed by atoms with Gasteiger partial charge in [-0.1, -0.05) is 30.3 Å². The maximum absolute atomic E-state index is 13.1. The normalized spacial score (nSPS) is 20.1. The molecule has 0 N–H and O–H groups in total. The Hall–Kier alpha value is -2.11. The van der Waals surface area contributed by atoms with Gasteiger partial charge in [0.05, 0.1) is 6.04 Å². The van der Waals surface area contributed by atoms with Gasteiger partial charge in [-0.15, -0.1) is 12.4 Å². The number of hydrogen-bond donors (Lipinski definition) is 0. The minimum Gasteiger partial charge on any atom is -0.368 e. The van der Waals surface area contributed by atoms with E-state index < -0.39 is 0 Å². The summed E-state index contributed by atoms with van der Waals surface area (Å²) in [6.45, 7) is 4.87. The summed E-state index contributed by atoms with van der Waals surface area (Å²) in [6.07, 6.45) is 2.03. The van der Waals surface area contributed by atoms with Crippen molar-refractivity contribution in [3.05, 3.63) is 66.0 Å². The van der Waals surface area contributed by atoms with E-state index in [0.29, 0.717) is 0 Å². The molecule has 0 spiro atoms. The SMILES string of the molecule is Cl.O=C(C1CCCN1Cc1ccccc1)N1CCN(c2ccc(F)cc2)CC1. The van der Waals surface area contributed by atoms with Gasteiger partial charge in [-0.3, -0.25) is 9.69 Å². The number of likely N-dealkylation sites (tertiary alicyclic amines) is 1. The standard InChI is InChI=1S/C22H26FN3O.ClH/c23-19-8-10-20(11-9-19)24-13-15-25(16-14-24)22(27)21-7-4-12-26(21)17-18-5-2-1-3-6-18;/h1-3,5-6,8-11,21H,4,7,12-17H2;1H. The molecule has 1 amide bonds. The average molecular weight is 404 g/mol. The molecule has 6 heteroatoms. The van der Waals surface area contributed by atoms with Gasteiger partial charge in [-0.05, 0) is 49.2 Å². The zero-order chi connectivity index (χ0) is 18.6. The van der Waals surface area contributed by atoms with E-state index >= 15 is 0 Å². The van der Waals surface area contributed by atoms with Crippen LogP contribution in [0.4, 0.5) is 10.1 Å². The van der Waals surface area contributed by atoms with Gasteiger partial charge in [0.25, 0.3) is 0 Å². The van der Waals surface area contributed by atoms with Gasteiger partial charge in [0, 0.05) is 38.4 Å². The zero-order valence-corrected chi connectivity index (χ0v) is 16.8. The molecule has 4 nitrogen and oxygen atoms in total. The molecule has 150 valence electrons. The first-order valence-electron chi connectivity index (χ1n) is 9.78. The Morgan fingerprint density at radius 2 is 1.61 bits per heavy atom. The van der Waals surface area contributed by atoms with Crippen LogP contribution < -0.4 is 4.90 Å². The number of hydrogen-bond acceptors (Lipinski definition) is 3. The van der Waals surface area contributed by atoms with Crippen LogP contribution in [0, 0.1) is 5.82 Å². The maximum Gasteiger partial charge on any atom is 0.240 e. The molecule has 2 aromatic rings. The summed E-state index contributed by atoms with van der Waals surface area (Å²) in [4.78, 5) is 19.7. The highest BCUT2D eigenvalue weighted by Gasteiger charge is 2.34. The molecule has 1 unspecified atom stereocenters. The fourth-order valence-electron chi connectivity index (χ4n) is 4.16. The van der Waals surface area contributed by atoms with Gasteiger partial charge >= 0.3 is 0 Å². The van der Waals surface area contributed by atoms with Crippen LogP contribution in [-0.4, -0.2) is 54.5 Å². The second-order valence-corrected chi connectivity index (χ2v) is 7.40. The van der Waals surface area contributed by atoms with E-state index in [1.807, 2.05) is 23.1 Å². The molecular weight excluding hydrogens is 377 g/mol. The maximum atomic E-state index is 13.1. The van der Waals surface area contributed by atoms with Crippen molar-refractivity contribution >= 4 is 24.0 Å². The van der Waals surface area contributed by atoms with Crippen molar-refractivity contribution in [1.29, 1.82) is 0 Å². The summed E-state index contributed by atoms with van der Waals surface area (Å²) < 4.78 is 13.1. The molecule has 2 aromatic carbocycles. The van der Waals surface area contributed by atoms with E-state index in [1.165, 1.54) is 17.7 Å². The van der Waals surface area contributed by atoms with Crippen molar-refractivity contribution in [2.45, 2.75) is 25.4 Å². The molecule has 2 heterocycles. The lowest BCUT2D eigenvalue weighted by molar-refractivity contribution is -0.136. The van der Waals surface area contributed by atoms with Crippen LogP contribution >= 0.6 is 12.4 Å². The zero-order valence-electron chi connectivity index (χ0n) is 16.0.